The lowest BCUT2D eigenvalue weighted by atomic mass is 10.4. The summed E-state index contributed by atoms with van der Waals surface area (Å²) < 4.78 is 0. The molecule has 1 rings (SSSR count). The molecule has 0 atom stereocenters. The van der Waals surface area contributed by atoms with Gasteiger partial charge in [0.15, 0.2) is 0 Å². The molecule has 1 radical (unpaired) electrons. The van der Waals surface area contributed by atoms with Crippen molar-refractivity contribution in [1.29, 1.82) is 0 Å². The minimum Gasteiger partial charge on any atom is -0.364 e. The third-order valence-electron chi connectivity index (χ3n) is 0.978. The maximum atomic E-state index is 3.49. The second kappa shape index (κ2) is 2.52. The normalized spacial score (nSPS) is 9.62. The zero-order chi connectivity index (χ0) is 5.82. The number of H-pyrrole nitrogens is 1. The molecule has 0 aromatic carbocycles. The molecule has 0 fully saturated rings. The van der Waals surface area contributed by atoms with E-state index >= 15 is 0 Å². The van der Waals surface area contributed by atoms with Crippen molar-refractivity contribution in [2.45, 2.75) is 6.54 Å². The van der Waals surface area contributed by atoms with Crippen LogP contribution in [0, 0.1) is 7.05 Å². The molecule has 1 aromatic heterocycles. The minimum atomic E-state index is 0.812. The summed E-state index contributed by atoms with van der Waals surface area (Å²) >= 11 is 0. The summed E-state index contributed by atoms with van der Waals surface area (Å²) in [6.07, 6.45) is 1.90. The highest BCUT2D eigenvalue weighted by Crippen LogP contribution is 1.90. The molecule has 2 nitrogen and oxygen atoms in total. The van der Waals surface area contributed by atoms with Gasteiger partial charge in [0, 0.05) is 25.5 Å². The summed E-state index contributed by atoms with van der Waals surface area (Å²) in [5.41, 5.74) is 1.17. The van der Waals surface area contributed by atoms with E-state index in [-0.39, 0.29) is 0 Å². The number of hydrogen-bond acceptors (Lipinski definition) is 1. The molecule has 2 heteroatoms. The van der Waals surface area contributed by atoms with Crippen LogP contribution in [0.1, 0.15) is 5.69 Å². The van der Waals surface area contributed by atoms with E-state index in [2.05, 4.69) is 17.3 Å². The van der Waals surface area contributed by atoms with Crippen molar-refractivity contribution < 1.29 is 0 Å². The molecule has 0 saturated heterocycles. The van der Waals surface area contributed by atoms with Gasteiger partial charge in [0.05, 0.1) is 0 Å². The first-order chi connectivity index (χ1) is 3.93. The van der Waals surface area contributed by atoms with Crippen molar-refractivity contribution in [2.24, 2.45) is 0 Å². The molecule has 0 amide bonds. The van der Waals surface area contributed by atoms with Crippen molar-refractivity contribution in [3.8, 4) is 0 Å². The predicted molar refractivity (Wildman–Crippen MR) is 33.0 cm³/mol. The summed E-state index contributed by atoms with van der Waals surface area (Å²) in [6, 6.07) is 3.98. The average molecular weight is 109 g/mol. The summed E-state index contributed by atoms with van der Waals surface area (Å²) in [6.45, 7) is 0.812. The quantitative estimate of drug-likeness (QED) is 0.580. The number of rotatable bonds is 2. The fourth-order valence-electron chi connectivity index (χ4n) is 0.612. The van der Waals surface area contributed by atoms with Gasteiger partial charge in [-0.2, -0.15) is 0 Å². The van der Waals surface area contributed by atoms with Crippen LogP contribution in [0.4, 0.5) is 0 Å². The third-order valence-corrected chi connectivity index (χ3v) is 0.978. The lowest BCUT2D eigenvalue weighted by Crippen LogP contribution is -2.01. The molecular formula is C6H9N2. The Morgan fingerprint density at radius 1 is 1.75 bits per heavy atom. The van der Waals surface area contributed by atoms with E-state index in [1.165, 1.54) is 5.69 Å². The number of aromatic amines is 1. The van der Waals surface area contributed by atoms with Gasteiger partial charge in [-0.3, -0.25) is 0 Å². The van der Waals surface area contributed by atoms with Crippen LogP contribution in [0.3, 0.4) is 0 Å². The molecule has 0 saturated carbocycles. The zero-order valence-corrected chi connectivity index (χ0v) is 4.65. The number of hydrogen-bond donors (Lipinski definition) is 2. The van der Waals surface area contributed by atoms with Gasteiger partial charge in [-0.05, 0) is 12.1 Å². The van der Waals surface area contributed by atoms with Crippen LogP contribution in [0.2, 0.25) is 0 Å². The standard InChI is InChI=1S/C6H9N2/c1-7-5-6-3-2-4-8-6/h2-4,7-8H,1,5H2. The van der Waals surface area contributed by atoms with Crippen molar-refractivity contribution in [3.63, 3.8) is 0 Å². The van der Waals surface area contributed by atoms with Crippen molar-refractivity contribution in [1.82, 2.24) is 10.3 Å². The van der Waals surface area contributed by atoms with Gasteiger partial charge < -0.3 is 10.3 Å². The minimum absolute atomic E-state index is 0.812. The van der Waals surface area contributed by atoms with Gasteiger partial charge in [-0.25, -0.2) is 0 Å². The topological polar surface area (TPSA) is 27.8 Å². The molecule has 0 aliphatic carbocycles. The zero-order valence-electron chi connectivity index (χ0n) is 4.65. The van der Waals surface area contributed by atoms with Crippen LogP contribution in [0.15, 0.2) is 18.3 Å². The molecule has 8 heavy (non-hydrogen) atoms. The molecule has 0 aliphatic heterocycles. The third kappa shape index (κ3) is 1.10. The van der Waals surface area contributed by atoms with E-state index < -0.39 is 0 Å². The fourth-order valence-corrected chi connectivity index (χ4v) is 0.612. The maximum Gasteiger partial charge on any atom is 0.0357 e. The van der Waals surface area contributed by atoms with Gasteiger partial charge in [0.1, 0.15) is 0 Å². The first-order valence-electron chi connectivity index (χ1n) is 2.55. The van der Waals surface area contributed by atoms with E-state index in [9.17, 15) is 0 Å². The Bertz CT molecular complexity index is 132. The fraction of sp³-hybridized carbons (Fsp3) is 0.167. The number of nitrogens with one attached hydrogen (secondary N) is 2. The SMILES string of the molecule is [CH2]NCc1ccc[nH]1. The van der Waals surface area contributed by atoms with Gasteiger partial charge >= 0.3 is 0 Å². The molecule has 0 bridgehead atoms. The molecule has 2 N–H and O–H groups in total. The smallest absolute Gasteiger partial charge is 0.0357 e. The van der Waals surface area contributed by atoms with Gasteiger partial charge in [-0.15, -0.1) is 0 Å². The highest BCUT2D eigenvalue weighted by Gasteiger charge is 1.84. The lowest BCUT2D eigenvalue weighted by molar-refractivity contribution is 0.841. The van der Waals surface area contributed by atoms with Gasteiger partial charge in [0.2, 0.25) is 0 Å². The van der Waals surface area contributed by atoms with E-state index in [1.807, 2.05) is 18.3 Å². The van der Waals surface area contributed by atoms with Gasteiger partial charge in [0.25, 0.3) is 0 Å². The van der Waals surface area contributed by atoms with E-state index in [4.69, 9.17) is 0 Å². The van der Waals surface area contributed by atoms with Crippen LogP contribution in [-0.2, 0) is 6.54 Å². The molecule has 0 spiro atoms. The highest BCUT2D eigenvalue weighted by molar-refractivity contribution is 5.02. The molecule has 0 unspecified atom stereocenters. The van der Waals surface area contributed by atoms with Crippen LogP contribution in [0.5, 0.6) is 0 Å². The predicted octanol–water partition coefficient (Wildman–Crippen LogP) is 0.896. The average Bonchev–Trinajstić information content (AvgIpc) is 2.19. The number of aromatic nitrogens is 1. The van der Waals surface area contributed by atoms with Crippen LogP contribution < -0.4 is 5.32 Å². The largest absolute Gasteiger partial charge is 0.364 e. The Morgan fingerprint density at radius 2 is 2.62 bits per heavy atom. The van der Waals surface area contributed by atoms with E-state index in [1.54, 1.807) is 0 Å². The van der Waals surface area contributed by atoms with Crippen molar-refractivity contribution in [2.75, 3.05) is 0 Å². The lowest BCUT2D eigenvalue weighted by Gasteiger charge is -1.90. The second-order valence-corrected chi connectivity index (χ2v) is 1.62. The summed E-state index contributed by atoms with van der Waals surface area (Å²) in [4.78, 5) is 3.04. The van der Waals surface area contributed by atoms with Crippen LogP contribution in [0.25, 0.3) is 0 Å². The molecule has 0 aliphatic rings. The molecule has 1 aromatic rings. The maximum absolute atomic E-state index is 3.49. The Hall–Kier alpha value is -0.760. The summed E-state index contributed by atoms with van der Waals surface area (Å²) in [5.74, 6) is 0. The van der Waals surface area contributed by atoms with Crippen molar-refractivity contribution in [3.05, 3.63) is 31.1 Å². The molecule has 43 valence electrons. The van der Waals surface area contributed by atoms with Crippen LogP contribution in [-0.4, -0.2) is 4.98 Å². The van der Waals surface area contributed by atoms with E-state index in [0.29, 0.717) is 0 Å². The van der Waals surface area contributed by atoms with Crippen LogP contribution >= 0.6 is 0 Å². The second-order valence-electron chi connectivity index (χ2n) is 1.62. The highest BCUT2D eigenvalue weighted by atomic mass is 14.8. The summed E-state index contributed by atoms with van der Waals surface area (Å²) in [5, 5.41) is 2.79. The molecular weight excluding hydrogens is 100 g/mol. The van der Waals surface area contributed by atoms with Crippen molar-refractivity contribution >= 4 is 0 Å². The molecule has 1 heterocycles. The first kappa shape index (κ1) is 5.38. The summed E-state index contributed by atoms with van der Waals surface area (Å²) in [7, 11) is 3.49. The van der Waals surface area contributed by atoms with E-state index in [0.717, 1.165) is 6.54 Å². The Balaban J connectivity index is 2.50. The van der Waals surface area contributed by atoms with Gasteiger partial charge in [-0.1, -0.05) is 0 Å². The Labute approximate surface area is 48.9 Å². The Morgan fingerprint density at radius 3 is 3.12 bits per heavy atom. The first-order valence-corrected chi connectivity index (χ1v) is 2.55. The monoisotopic (exact) mass is 109 g/mol. The Kier molecular flexibility index (Phi) is 1.70.